The van der Waals surface area contributed by atoms with E-state index in [1.165, 1.54) is 5.56 Å². The Morgan fingerprint density at radius 3 is 2.59 bits per heavy atom. The first-order valence-electron chi connectivity index (χ1n) is 7.78. The molecule has 2 rings (SSSR count). The summed E-state index contributed by atoms with van der Waals surface area (Å²) in [6.45, 7) is 6.18. The van der Waals surface area contributed by atoms with Crippen LogP contribution in [0.4, 0.5) is 0 Å². The van der Waals surface area contributed by atoms with Crippen molar-refractivity contribution >= 4 is 15.9 Å². The zero-order chi connectivity index (χ0) is 15.6. The number of nitrogens with zero attached hydrogens (tertiary/aromatic N) is 2. The first-order valence-corrected chi connectivity index (χ1v) is 8.58. The maximum absolute atomic E-state index is 5.71. The van der Waals surface area contributed by atoms with E-state index in [1.807, 2.05) is 12.1 Å². The van der Waals surface area contributed by atoms with Crippen LogP contribution in [0, 0.1) is 0 Å². The minimum absolute atomic E-state index is 0.727. The zero-order valence-corrected chi connectivity index (χ0v) is 14.6. The molecule has 0 fully saturated rings. The molecule has 0 aliphatic heterocycles. The van der Waals surface area contributed by atoms with E-state index >= 15 is 0 Å². The van der Waals surface area contributed by atoms with Crippen LogP contribution >= 0.6 is 15.9 Å². The summed E-state index contributed by atoms with van der Waals surface area (Å²) < 4.78 is 6.54. The van der Waals surface area contributed by atoms with E-state index in [-0.39, 0.29) is 0 Å². The third-order valence-corrected chi connectivity index (χ3v) is 4.06. The van der Waals surface area contributed by atoms with Gasteiger partial charge in [0.2, 0.25) is 0 Å². The lowest BCUT2D eigenvalue weighted by Crippen LogP contribution is -2.28. The number of aromatic nitrogens is 1. The highest BCUT2D eigenvalue weighted by molar-refractivity contribution is 9.10. The smallest absolute Gasteiger partial charge is 0.137 e. The fourth-order valence-electron chi connectivity index (χ4n) is 2.29. The van der Waals surface area contributed by atoms with Gasteiger partial charge in [0, 0.05) is 13.1 Å². The standard InChI is InChI=1S/C18H23BrN2O/c1-2-21(13-11-16-7-4-3-5-8-16)12-6-14-22-17-9-10-18(19)20-15-17/h3-5,7-10,15H,2,6,11-14H2,1H3. The molecule has 0 saturated carbocycles. The summed E-state index contributed by atoms with van der Waals surface area (Å²) in [6.07, 6.45) is 3.88. The van der Waals surface area contributed by atoms with Gasteiger partial charge in [0.15, 0.2) is 0 Å². The number of rotatable bonds is 9. The van der Waals surface area contributed by atoms with Crippen molar-refractivity contribution in [1.82, 2.24) is 9.88 Å². The maximum Gasteiger partial charge on any atom is 0.137 e. The molecule has 2 aromatic rings. The van der Waals surface area contributed by atoms with Gasteiger partial charge in [-0.25, -0.2) is 4.98 Å². The molecule has 1 aromatic carbocycles. The van der Waals surface area contributed by atoms with Crippen molar-refractivity contribution < 1.29 is 4.74 Å². The predicted molar refractivity (Wildman–Crippen MR) is 94.3 cm³/mol. The normalized spacial score (nSPS) is 10.9. The molecular weight excluding hydrogens is 340 g/mol. The van der Waals surface area contributed by atoms with Gasteiger partial charge >= 0.3 is 0 Å². The topological polar surface area (TPSA) is 25.4 Å². The van der Waals surface area contributed by atoms with Gasteiger partial charge in [-0.15, -0.1) is 0 Å². The highest BCUT2D eigenvalue weighted by Gasteiger charge is 2.03. The van der Waals surface area contributed by atoms with E-state index in [0.29, 0.717) is 0 Å². The fourth-order valence-corrected chi connectivity index (χ4v) is 2.52. The molecule has 0 aliphatic carbocycles. The van der Waals surface area contributed by atoms with Crippen molar-refractivity contribution in [2.75, 3.05) is 26.2 Å². The Balaban J connectivity index is 1.64. The summed E-state index contributed by atoms with van der Waals surface area (Å²) in [4.78, 5) is 6.62. The minimum Gasteiger partial charge on any atom is -0.492 e. The summed E-state index contributed by atoms with van der Waals surface area (Å²) in [5, 5.41) is 0. The molecule has 118 valence electrons. The molecule has 0 N–H and O–H groups in total. The van der Waals surface area contributed by atoms with E-state index in [4.69, 9.17) is 4.74 Å². The Morgan fingerprint density at radius 1 is 1.09 bits per heavy atom. The third kappa shape index (κ3) is 6.16. The first kappa shape index (κ1) is 17.0. The average Bonchev–Trinajstić information content (AvgIpc) is 2.57. The first-order chi connectivity index (χ1) is 10.8. The lowest BCUT2D eigenvalue weighted by molar-refractivity contribution is 0.243. The summed E-state index contributed by atoms with van der Waals surface area (Å²) in [7, 11) is 0. The van der Waals surface area contributed by atoms with E-state index in [0.717, 1.165) is 49.4 Å². The molecule has 4 heteroatoms. The Labute approximate surface area is 141 Å². The van der Waals surface area contributed by atoms with Crippen LogP contribution in [-0.4, -0.2) is 36.1 Å². The van der Waals surface area contributed by atoms with E-state index < -0.39 is 0 Å². The van der Waals surface area contributed by atoms with Crippen LogP contribution in [0.15, 0.2) is 53.3 Å². The minimum atomic E-state index is 0.727. The molecule has 0 amide bonds. The molecular formula is C18H23BrN2O. The molecule has 0 bridgehead atoms. The number of pyridine rings is 1. The second-order valence-corrected chi connectivity index (χ2v) is 6.00. The Morgan fingerprint density at radius 2 is 1.91 bits per heavy atom. The molecule has 22 heavy (non-hydrogen) atoms. The molecule has 1 aromatic heterocycles. The second kappa shape index (κ2) is 9.59. The van der Waals surface area contributed by atoms with Crippen LogP contribution in [0.2, 0.25) is 0 Å². The predicted octanol–water partition coefficient (Wildman–Crippen LogP) is 4.18. The number of benzene rings is 1. The van der Waals surface area contributed by atoms with Crippen molar-refractivity contribution in [1.29, 1.82) is 0 Å². The van der Waals surface area contributed by atoms with Crippen LogP contribution in [0.1, 0.15) is 18.9 Å². The molecule has 0 aliphatic rings. The Kier molecular flexibility index (Phi) is 7.40. The summed E-state index contributed by atoms with van der Waals surface area (Å²) in [6, 6.07) is 14.5. The molecule has 0 saturated heterocycles. The van der Waals surface area contributed by atoms with Gasteiger partial charge in [-0.05, 0) is 53.0 Å². The summed E-state index contributed by atoms with van der Waals surface area (Å²) >= 11 is 3.32. The van der Waals surface area contributed by atoms with Gasteiger partial charge in [-0.2, -0.15) is 0 Å². The number of likely N-dealkylation sites (N-methyl/N-ethyl adjacent to an activating group) is 1. The van der Waals surface area contributed by atoms with Gasteiger partial charge in [0.05, 0.1) is 12.8 Å². The van der Waals surface area contributed by atoms with Crippen molar-refractivity contribution in [2.24, 2.45) is 0 Å². The molecule has 0 radical (unpaired) electrons. The van der Waals surface area contributed by atoms with Crippen LogP contribution in [0.25, 0.3) is 0 Å². The van der Waals surface area contributed by atoms with Crippen molar-refractivity contribution in [3.8, 4) is 5.75 Å². The largest absolute Gasteiger partial charge is 0.492 e. The second-order valence-electron chi connectivity index (χ2n) is 5.19. The van der Waals surface area contributed by atoms with Gasteiger partial charge in [0.25, 0.3) is 0 Å². The molecule has 3 nitrogen and oxygen atoms in total. The zero-order valence-electron chi connectivity index (χ0n) is 13.0. The van der Waals surface area contributed by atoms with Crippen molar-refractivity contribution in [3.63, 3.8) is 0 Å². The molecule has 0 atom stereocenters. The van der Waals surface area contributed by atoms with Crippen LogP contribution in [0.3, 0.4) is 0 Å². The summed E-state index contributed by atoms with van der Waals surface area (Å²) in [5.74, 6) is 0.829. The molecule has 1 heterocycles. The quantitative estimate of drug-likeness (QED) is 0.494. The SMILES string of the molecule is CCN(CCCOc1ccc(Br)nc1)CCc1ccccc1. The van der Waals surface area contributed by atoms with Gasteiger partial charge in [-0.1, -0.05) is 37.3 Å². The van der Waals surface area contributed by atoms with Crippen molar-refractivity contribution in [3.05, 3.63) is 58.8 Å². The lowest BCUT2D eigenvalue weighted by atomic mass is 10.1. The number of ether oxygens (including phenoxy) is 1. The molecule has 0 spiro atoms. The third-order valence-electron chi connectivity index (χ3n) is 3.59. The molecule has 0 unspecified atom stereocenters. The van der Waals surface area contributed by atoms with Gasteiger partial charge < -0.3 is 9.64 Å². The van der Waals surface area contributed by atoms with E-state index in [2.05, 4.69) is 63.1 Å². The maximum atomic E-state index is 5.71. The summed E-state index contributed by atoms with van der Waals surface area (Å²) in [5.41, 5.74) is 1.40. The van der Waals surface area contributed by atoms with Crippen LogP contribution in [0.5, 0.6) is 5.75 Å². The average molecular weight is 363 g/mol. The van der Waals surface area contributed by atoms with Crippen molar-refractivity contribution in [2.45, 2.75) is 19.8 Å². The van der Waals surface area contributed by atoms with Crippen LogP contribution in [-0.2, 0) is 6.42 Å². The highest BCUT2D eigenvalue weighted by atomic mass is 79.9. The Bertz CT molecular complexity index is 531. The number of halogens is 1. The fraction of sp³-hybridized carbons (Fsp3) is 0.389. The lowest BCUT2D eigenvalue weighted by Gasteiger charge is -2.20. The van der Waals surface area contributed by atoms with Crippen LogP contribution < -0.4 is 4.74 Å². The van der Waals surface area contributed by atoms with E-state index in [1.54, 1.807) is 6.20 Å². The number of hydrogen-bond acceptors (Lipinski definition) is 3. The Hall–Kier alpha value is -1.39. The van der Waals surface area contributed by atoms with Gasteiger partial charge in [-0.3, -0.25) is 0 Å². The van der Waals surface area contributed by atoms with E-state index in [9.17, 15) is 0 Å². The number of hydrogen-bond donors (Lipinski definition) is 0. The van der Waals surface area contributed by atoms with Gasteiger partial charge in [0.1, 0.15) is 10.4 Å². The monoisotopic (exact) mass is 362 g/mol. The highest BCUT2D eigenvalue weighted by Crippen LogP contribution is 2.12.